The van der Waals surface area contributed by atoms with Crippen LogP contribution in [0.2, 0.25) is 0 Å². The van der Waals surface area contributed by atoms with Gasteiger partial charge in [-0.15, -0.1) is 0 Å². The van der Waals surface area contributed by atoms with Crippen molar-refractivity contribution < 1.29 is 4.74 Å². The molecule has 0 spiro atoms. The molecular formula is C6H10ClN3O. The highest BCUT2D eigenvalue weighted by atomic mass is 35.5. The molecule has 11 heavy (non-hydrogen) atoms. The number of hydrogen-bond donors (Lipinski definition) is 0. The fraction of sp³-hybridized carbons (Fsp3) is 0.500. The summed E-state index contributed by atoms with van der Waals surface area (Å²) in [5.41, 5.74) is 1.14. The van der Waals surface area contributed by atoms with Gasteiger partial charge < -0.3 is 4.74 Å². The standard InChI is InChI=1S/C6H10ClN3O/c1-5(9-4-7)10-6(8-2)11-3/h4H,1-3H3/b8-6+,9-4+,10-5-. The second kappa shape index (κ2) is 5.85. The van der Waals surface area contributed by atoms with Crippen molar-refractivity contribution in [2.75, 3.05) is 14.2 Å². The van der Waals surface area contributed by atoms with E-state index in [1.54, 1.807) is 14.0 Å². The zero-order valence-corrected chi connectivity index (χ0v) is 7.46. The average molecular weight is 176 g/mol. The first-order valence-corrected chi connectivity index (χ1v) is 3.37. The Morgan fingerprint density at radius 2 is 2.18 bits per heavy atom. The van der Waals surface area contributed by atoms with Crippen molar-refractivity contribution in [3.05, 3.63) is 0 Å². The molecule has 0 N–H and O–H groups in total. The smallest absolute Gasteiger partial charge is 0.312 e. The monoisotopic (exact) mass is 175 g/mol. The van der Waals surface area contributed by atoms with E-state index in [2.05, 4.69) is 15.0 Å². The fourth-order valence-corrected chi connectivity index (χ4v) is 0.566. The Bertz CT molecular complexity index is 198. The van der Waals surface area contributed by atoms with E-state index in [0.717, 1.165) is 5.67 Å². The summed E-state index contributed by atoms with van der Waals surface area (Å²) >= 11 is 5.21. The first-order chi connectivity index (χ1) is 5.24. The third kappa shape index (κ3) is 4.50. The normalized spacial score (nSPS) is 14.2. The van der Waals surface area contributed by atoms with Gasteiger partial charge in [0.1, 0.15) is 5.84 Å². The van der Waals surface area contributed by atoms with Crippen LogP contribution in [0.4, 0.5) is 0 Å². The first-order valence-electron chi connectivity index (χ1n) is 2.93. The minimum Gasteiger partial charge on any atom is -0.467 e. The highest BCUT2D eigenvalue weighted by molar-refractivity contribution is 6.57. The second-order valence-corrected chi connectivity index (χ2v) is 1.79. The number of amidine groups is 2. The number of aliphatic imine (C=N–C) groups is 3. The van der Waals surface area contributed by atoms with Gasteiger partial charge in [0.2, 0.25) is 0 Å². The molecule has 0 atom stereocenters. The summed E-state index contributed by atoms with van der Waals surface area (Å²) in [4.78, 5) is 11.3. The van der Waals surface area contributed by atoms with Crippen LogP contribution in [-0.4, -0.2) is 31.7 Å². The lowest BCUT2D eigenvalue weighted by Crippen LogP contribution is -2.00. The van der Waals surface area contributed by atoms with E-state index in [9.17, 15) is 0 Å². The molecule has 0 aliphatic heterocycles. The molecule has 0 aliphatic rings. The van der Waals surface area contributed by atoms with Crippen LogP contribution in [0.5, 0.6) is 0 Å². The lowest BCUT2D eigenvalue weighted by molar-refractivity contribution is 0.396. The summed E-state index contributed by atoms with van der Waals surface area (Å²) in [5, 5.41) is 0. The van der Waals surface area contributed by atoms with Crippen molar-refractivity contribution in [3.8, 4) is 0 Å². The van der Waals surface area contributed by atoms with Gasteiger partial charge in [-0.3, -0.25) is 0 Å². The lowest BCUT2D eigenvalue weighted by Gasteiger charge is -1.95. The van der Waals surface area contributed by atoms with Gasteiger partial charge in [0.25, 0.3) is 0 Å². The van der Waals surface area contributed by atoms with Gasteiger partial charge in [0.05, 0.1) is 12.8 Å². The van der Waals surface area contributed by atoms with Gasteiger partial charge in [-0.2, -0.15) is 4.99 Å². The molecule has 0 heterocycles. The van der Waals surface area contributed by atoms with Crippen LogP contribution < -0.4 is 0 Å². The lowest BCUT2D eigenvalue weighted by atomic mass is 10.7. The largest absolute Gasteiger partial charge is 0.467 e. The van der Waals surface area contributed by atoms with Gasteiger partial charge >= 0.3 is 6.02 Å². The molecular weight excluding hydrogens is 166 g/mol. The quantitative estimate of drug-likeness (QED) is 0.405. The Balaban J connectivity index is 4.27. The van der Waals surface area contributed by atoms with E-state index in [1.165, 1.54) is 7.11 Å². The minimum absolute atomic E-state index is 0.282. The summed E-state index contributed by atoms with van der Waals surface area (Å²) in [6.45, 7) is 1.70. The third-order valence-electron chi connectivity index (χ3n) is 0.867. The zero-order chi connectivity index (χ0) is 8.69. The molecule has 0 saturated heterocycles. The predicted octanol–water partition coefficient (Wildman–Crippen LogP) is 1.30. The molecule has 0 amide bonds. The maximum absolute atomic E-state index is 5.21. The van der Waals surface area contributed by atoms with Crippen molar-refractivity contribution in [3.63, 3.8) is 0 Å². The van der Waals surface area contributed by atoms with Crippen LogP contribution >= 0.6 is 11.6 Å². The Labute approximate surface area is 70.7 Å². The van der Waals surface area contributed by atoms with Crippen molar-refractivity contribution >= 4 is 29.1 Å². The number of nitrogens with zero attached hydrogens (tertiary/aromatic N) is 3. The Hall–Kier alpha value is -0.900. The molecule has 0 fully saturated rings. The summed E-state index contributed by atoms with van der Waals surface area (Å²) in [7, 11) is 3.07. The number of ether oxygens (including phenoxy) is 1. The van der Waals surface area contributed by atoms with Gasteiger partial charge in [-0.1, -0.05) is 11.6 Å². The molecule has 0 unspecified atom stereocenters. The first kappa shape index (κ1) is 10.1. The van der Waals surface area contributed by atoms with E-state index in [-0.39, 0.29) is 6.02 Å². The van der Waals surface area contributed by atoms with Gasteiger partial charge in [-0.05, 0) is 6.92 Å². The minimum atomic E-state index is 0.282. The summed E-state index contributed by atoms with van der Waals surface area (Å²) in [6.07, 6.45) is 0. The molecule has 4 nitrogen and oxygen atoms in total. The third-order valence-corrected chi connectivity index (χ3v) is 0.965. The number of methoxy groups -OCH3 is 1. The highest BCUT2D eigenvalue weighted by Crippen LogP contribution is 1.85. The van der Waals surface area contributed by atoms with Crippen LogP contribution in [0.3, 0.4) is 0 Å². The van der Waals surface area contributed by atoms with E-state index in [0.29, 0.717) is 5.84 Å². The van der Waals surface area contributed by atoms with E-state index in [4.69, 9.17) is 16.3 Å². The highest BCUT2D eigenvalue weighted by Gasteiger charge is 1.91. The van der Waals surface area contributed by atoms with E-state index >= 15 is 0 Å². The van der Waals surface area contributed by atoms with Crippen LogP contribution in [0.25, 0.3) is 0 Å². The topological polar surface area (TPSA) is 46.3 Å². The molecule has 0 aromatic carbocycles. The van der Waals surface area contributed by atoms with Gasteiger partial charge in [-0.25, -0.2) is 9.98 Å². The Kier molecular flexibility index (Phi) is 5.37. The average Bonchev–Trinajstić information content (AvgIpc) is 2.01. The summed E-state index contributed by atoms with van der Waals surface area (Å²) in [6, 6.07) is 0.282. The molecule has 0 aromatic heterocycles. The number of halogens is 1. The summed E-state index contributed by atoms with van der Waals surface area (Å²) < 4.78 is 4.76. The summed E-state index contributed by atoms with van der Waals surface area (Å²) in [5.74, 6) is 0.502. The molecule has 0 aliphatic carbocycles. The molecule has 0 saturated carbocycles. The maximum atomic E-state index is 5.21. The fourth-order valence-electron chi connectivity index (χ4n) is 0.425. The zero-order valence-electron chi connectivity index (χ0n) is 6.71. The van der Waals surface area contributed by atoms with Crippen molar-refractivity contribution in [1.82, 2.24) is 0 Å². The molecule has 0 aromatic rings. The van der Waals surface area contributed by atoms with Crippen molar-refractivity contribution in [1.29, 1.82) is 0 Å². The Morgan fingerprint density at radius 3 is 2.55 bits per heavy atom. The van der Waals surface area contributed by atoms with E-state index < -0.39 is 0 Å². The van der Waals surface area contributed by atoms with Crippen LogP contribution in [0, 0.1) is 0 Å². The number of rotatable bonds is 0. The molecule has 5 heteroatoms. The maximum Gasteiger partial charge on any atom is 0.312 e. The second-order valence-electron chi connectivity index (χ2n) is 1.60. The van der Waals surface area contributed by atoms with Gasteiger partial charge in [0.15, 0.2) is 0 Å². The van der Waals surface area contributed by atoms with E-state index in [1.807, 2.05) is 0 Å². The van der Waals surface area contributed by atoms with Crippen molar-refractivity contribution in [2.45, 2.75) is 6.92 Å². The van der Waals surface area contributed by atoms with Crippen molar-refractivity contribution in [2.24, 2.45) is 15.0 Å². The molecule has 62 valence electrons. The molecule has 0 radical (unpaired) electrons. The van der Waals surface area contributed by atoms with Crippen LogP contribution in [0.1, 0.15) is 6.92 Å². The predicted molar refractivity (Wildman–Crippen MR) is 47.8 cm³/mol. The number of hydrogen-bond acceptors (Lipinski definition) is 2. The Morgan fingerprint density at radius 1 is 1.55 bits per heavy atom. The van der Waals surface area contributed by atoms with Crippen LogP contribution in [0.15, 0.2) is 15.0 Å². The van der Waals surface area contributed by atoms with Gasteiger partial charge in [0, 0.05) is 7.05 Å². The molecule has 0 bridgehead atoms. The van der Waals surface area contributed by atoms with Crippen LogP contribution in [-0.2, 0) is 4.74 Å². The SMILES string of the molecule is C\N=C(/N=C(C)\N=C\Cl)OC. The molecule has 0 rings (SSSR count).